The van der Waals surface area contributed by atoms with Crippen LogP contribution in [-0.2, 0) is 6.54 Å². The van der Waals surface area contributed by atoms with Crippen molar-refractivity contribution in [2.24, 2.45) is 0 Å². The van der Waals surface area contributed by atoms with E-state index in [4.69, 9.17) is 27.9 Å². The van der Waals surface area contributed by atoms with Gasteiger partial charge in [-0.3, -0.25) is 9.36 Å². The van der Waals surface area contributed by atoms with Gasteiger partial charge in [0.1, 0.15) is 5.75 Å². The first-order valence-corrected chi connectivity index (χ1v) is 8.00. The normalized spacial score (nSPS) is 10.6. The van der Waals surface area contributed by atoms with Gasteiger partial charge in [0.05, 0.1) is 19.3 Å². The van der Waals surface area contributed by atoms with Crippen molar-refractivity contribution in [3.8, 4) is 17.0 Å². The molecule has 0 saturated heterocycles. The molecule has 0 saturated carbocycles. The quantitative estimate of drug-likeness (QED) is 0.697. The molecule has 0 radical (unpaired) electrons. The van der Waals surface area contributed by atoms with Crippen LogP contribution in [-0.4, -0.2) is 16.7 Å². The second-order valence-corrected chi connectivity index (χ2v) is 5.86. The van der Waals surface area contributed by atoms with Crippen LogP contribution in [0.3, 0.4) is 0 Å². The Balaban J connectivity index is 2.16. The number of aromatic nitrogens is 2. The maximum absolute atomic E-state index is 12.5. The minimum Gasteiger partial charge on any atom is -0.497 e. The summed E-state index contributed by atoms with van der Waals surface area (Å²) in [6.45, 7) is 0.350. The summed E-state index contributed by atoms with van der Waals surface area (Å²) in [5.74, 6) is 0.716. The van der Waals surface area contributed by atoms with Gasteiger partial charge in [-0.1, -0.05) is 53.5 Å². The Morgan fingerprint density at radius 3 is 2.29 bits per heavy atom. The van der Waals surface area contributed by atoms with Crippen LogP contribution in [0.4, 0.5) is 0 Å². The van der Waals surface area contributed by atoms with Crippen molar-refractivity contribution in [1.82, 2.24) is 9.55 Å². The van der Waals surface area contributed by atoms with Crippen molar-refractivity contribution in [3.63, 3.8) is 0 Å². The smallest absolute Gasteiger partial charge is 0.289 e. The van der Waals surface area contributed by atoms with Gasteiger partial charge in [0.25, 0.3) is 5.56 Å². The number of halogens is 2. The van der Waals surface area contributed by atoms with Gasteiger partial charge in [0.2, 0.25) is 0 Å². The lowest BCUT2D eigenvalue weighted by Crippen LogP contribution is -2.24. The molecule has 0 aliphatic rings. The zero-order chi connectivity index (χ0) is 17.1. The third-order valence-corrected chi connectivity index (χ3v) is 4.14. The van der Waals surface area contributed by atoms with Crippen molar-refractivity contribution in [3.05, 3.63) is 80.8 Å². The van der Waals surface area contributed by atoms with Crippen LogP contribution in [0.2, 0.25) is 10.3 Å². The predicted molar refractivity (Wildman–Crippen MR) is 96.0 cm³/mol. The summed E-state index contributed by atoms with van der Waals surface area (Å²) in [7, 11) is 1.59. The van der Waals surface area contributed by atoms with E-state index >= 15 is 0 Å². The van der Waals surface area contributed by atoms with E-state index in [9.17, 15) is 4.79 Å². The van der Waals surface area contributed by atoms with Gasteiger partial charge in [-0.25, -0.2) is 4.98 Å². The van der Waals surface area contributed by atoms with Gasteiger partial charge in [-0.2, -0.15) is 0 Å². The Labute approximate surface area is 149 Å². The number of benzene rings is 2. The third kappa shape index (κ3) is 3.30. The maximum atomic E-state index is 12.5. The first-order chi connectivity index (χ1) is 11.6. The molecule has 2 aromatic carbocycles. The number of hydrogen-bond donors (Lipinski definition) is 0. The average Bonchev–Trinajstić information content (AvgIpc) is 2.61. The largest absolute Gasteiger partial charge is 0.497 e. The van der Waals surface area contributed by atoms with Gasteiger partial charge in [-0.15, -0.1) is 0 Å². The summed E-state index contributed by atoms with van der Waals surface area (Å²) in [5, 5.41) is 0.0360. The maximum Gasteiger partial charge on any atom is 0.289 e. The average molecular weight is 361 g/mol. The number of rotatable bonds is 4. The van der Waals surface area contributed by atoms with E-state index in [-0.39, 0.29) is 15.9 Å². The summed E-state index contributed by atoms with van der Waals surface area (Å²) in [5.41, 5.74) is 1.87. The molecule has 0 atom stereocenters. The van der Waals surface area contributed by atoms with E-state index in [1.807, 2.05) is 42.5 Å². The molecule has 1 aromatic heterocycles. The minimum atomic E-state index is -0.379. The zero-order valence-electron chi connectivity index (χ0n) is 12.9. The van der Waals surface area contributed by atoms with E-state index < -0.39 is 0 Å². The van der Waals surface area contributed by atoms with Gasteiger partial charge in [0, 0.05) is 5.56 Å². The summed E-state index contributed by atoms with van der Waals surface area (Å²) in [6, 6.07) is 16.9. The highest BCUT2D eigenvalue weighted by Gasteiger charge is 2.16. The third-order valence-electron chi connectivity index (χ3n) is 3.63. The molecule has 4 nitrogen and oxygen atoms in total. The number of nitrogens with zero attached hydrogens (tertiary/aromatic N) is 2. The Morgan fingerprint density at radius 1 is 1.00 bits per heavy atom. The van der Waals surface area contributed by atoms with Gasteiger partial charge < -0.3 is 4.74 Å². The topological polar surface area (TPSA) is 44.1 Å². The number of ether oxygens (including phenoxy) is 1. The SMILES string of the molecule is COc1ccc(-c2c(Cl)nc(Cl)c(=O)n2Cc2ccccc2)cc1. The minimum absolute atomic E-state index is 0.145. The molecule has 6 heteroatoms. The van der Waals surface area contributed by atoms with E-state index in [0.29, 0.717) is 18.0 Å². The van der Waals surface area contributed by atoms with Crippen LogP contribution in [0.1, 0.15) is 5.56 Å². The van der Waals surface area contributed by atoms with Gasteiger partial charge in [0.15, 0.2) is 10.3 Å². The Kier molecular flexibility index (Phi) is 4.88. The van der Waals surface area contributed by atoms with Crippen molar-refractivity contribution in [2.45, 2.75) is 6.54 Å². The van der Waals surface area contributed by atoms with Crippen LogP contribution >= 0.6 is 23.2 Å². The Hall–Kier alpha value is -2.30. The highest BCUT2D eigenvalue weighted by Crippen LogP contribution is 2.28. The van der Waals surface area contributed by atoms with Gasteiger partial charge in [-0.05, 0) is 29.8 Å². The van der Waals surface area contributed by atoms with Gasteiger partial charge >= 0.3 is 0 Å². The molecule has 0 bridgehead atoms. The van der Waals surface area contributed by atoms with E-state index in [1.165, 1.54) is 4.57 Å². The molecule has 0 aliphatic carbocycles. The molecule has 1 heterocycles. The number of hydrogen-bond acceptors (Lipinski definition) is 3. The molecule has 0 N–H and O–H groups in total. The molecule has 0 amide bonds. The van der Waals surface area contributed by atoms with Crippen molar-refractivity contribution < 1.29 is 4.74 Å². The molecule has 0 fully saturated rings. The summed E-state index contributed by atoms with van der Waals surface area (Å²) in [4.78, 5) is 16.5. The fraction of sp³-hybridized carbons (Fsp3) is 0.111. The van der Waals surface area contributed by atoms with Crippen LogP contribution in [0, 0.1) is 0 Å². The summed E-state index contributed by atoms with van der Waals surface area (Å²) >= 11 is 12.2. The molecule has 24 heavy (non-hydrogen) atoms. The highest BCUT2D eigenvalue weighted by molar-refractivity contribution is 6.33. The standard InChI is InChI=1S/C18H14Cl2N2O2/c1-24-14-9-7-13(8-10-14)15-16(19)21-17(20)18(23)22(15)11-12-5-3-2-4-6-12/h2-10H,11H2,1H3. The predicted octanol–water partition coefficient (Wildman–Crippen LogP) is 4.27. The first-order valence-electron chi connectivity index (χ1n) is 7.24. The molecule has 0 unspecified atom stereocenters. The second-order valence-electron chi connectivity index (χ2n) is 5.15. The molecular weight excluding hydrogens is 347 g/mol. The van der Waals surface area contributed by atoms with Crippen LogP contribution in [0.5, 0.6) is 5.75 Å². The fourth-order valence-electron chi connectivity index (χ4n) is 2.45. The Morgan fingerprint density at radius 2 is 1.67 bits per heavy atom. The lowest BCUT2D eigenvalue weighted by Gasteiger charge is -2.15. The Bertz CT molecular complexity index is 907. The zero-order valence-corrected chi connectivity index (χ0v) is 14.4. The molecule has 3 rings (SSSR count). The summed E-state index contributed by atoms with van der Waals surface area (Å²) in [6.07, 6.45) is 0. The van der Waals surface area contributed by atoms with Crippen molar-refractivity contribution >= 4 is 23.2 Å². The van der Waals surface area contributed by atoms with Crippen molar-refractivity contribution in [1.29, 1.82) is 0 Å². The van der Waals surface area contributed by atoms with Crippen molar-refractivity contribution in [2.75, 3.05) is 7.11 Å². The molecule has 0 aliphatic heterocycles. The monoisotopic (exact) mass is 360 g/mol. The van der Waals surface area contributed by atoms with E-state index in [2.05, 4.69) is 4.98 Å². The second kappa shape index (κ2) is 7.07. The molecule has 3 aromatic rings. The van der Waals surface area contributed by atoms with Crippen LogP contribution in [0.25, 0.3) is 11.3 Å². The lowest BCUT2D eigenvalue weighted by atomic mass is 10.1. The molecule has 0 spiro atoms. The van der Waals surface area contributed by atoms with E-state index in [0.717, 1.165) is 11.1 Å². The highest BCUT2D eigenvalue weighted by atomic mass is 35.5. The van der Waals surface area contributed by atoms with E-state index in [1.54, 1.807) is 19.2 Å². The molecule has 122 valence electrons. The number of methoxy groups -OCH3 is 1. The van der Waals surface area contributed by atoms with Crippen LogP contribution in [0.15, 0.2) is 59.4 Å². The van der Waals surface area contributed by atoms with Crippen LogP contribution < -0.4 is 10.3 Å². The fourth-order valence-corrected chi connectivity index (χ4v) is 2.98. The summed E-state index contributed by atoms with van der Waals surface area (Å²) < 4.78 is 6.70. The lowest BCUT2D eigenvalue weighted by molar-refractivity contribution is 0.415. The molecular formula is C18H14Cl2N2O2. The first kappa shape index (κ1) is 16.6.